The number of fused-ring (bicyclic) bond motifs is 3. The maximum atomic E-state index is 12.1. The predicted molar refractivity (Wildman–Crippen MR) is 81.7 cm³/mol. The highest BCUT2D eigenvalue weighted by atomic mass is 16.5. The molecule has 21 heavy (non-hydrogen) atoms. The minimum Gasteiger partial charge on any atom is -0.490 e. The molecule has 2 aliphatic rings. The fourth-order valence-electron chi connectivity index (χ4n) is 3.14. The van der Waals surface area contributed by atoms with Crippen molar-refractivity contribution in [1.82, 2.24) is 9.88 Å². The maximum Gasteiger partial charge on any atom is 0.222 e. The average molecular weight is 289 g/mol. The summed E-state index contributed by atoms with van der Waals surface area (Å²) < 4.78 is 5.86. The second-order valence-corrected chi connectivity index (χ2v) is 5.91. The third kappa shape index (κ3) is 2.82. The summed E-state index contributed by atoms with van der Waals surface area (Å²) in [5, 5.41) is 0. The fourth-order valence-corrected chi connectivity index (χ4v) is 3.14. The van der Waals surface area contributed by atoms with Gasteiger partial charge in [0.2, 0.25) is 5.91 Å². The Balaban J connectivity index is 1.79. The van der Waals surface area contributed by atoms with Crippen LogP contribution in [0.2, 0.25) is 0 Å². The molecule has 5 nitrogen and oxygen atoms in total. The van der Waals surface area contributed by atoms with Crippen molar-refractivity contribution in [2.45, 2.75) is 39.2 Å². The smallest absolute Gasteiger partial charge is 0.222 e. The van der Waals surface area contributed by atoms with Crippen LogP contribution in [-0.2, 0) is 4.79 Å². The van der Waals surface area contributed by atoms with Crippen LogP contribution in [-0.4, -0.2) is 48.1 Å². The molecule has 0 saturated carbocycles. The molecule has 3 rings (SSSR count). The van der Waals surface area contributed by atoms with Crippen molar-refractivity contribution >= 4 is 11.7 Å². The summed E-state index contributed by atoms with van der Waals surface area (Å²) in [5.74, 6) is 2.09. The molecule has 1 amide bonds. The molecule has 1 atom stereocenters. The van der Waals surface area contributed by atoms with Crippen molar-refractivity contribution in [3.63, 3.8) is 0 Å². The van der Waals surface area contributed by atoms with Crippen LogP contribution in [0.4, 0.5) is 5.82 Å². The summed E-state index contributed by atoms with van der Waals surface area (Å²) in [7, 11) is 0. The van der Waals surface area contributed by atoms with Gasteiger partial charge in [0.05, 0.1) is 12.6 Å². The predicted octanol–water partition coefficient (Wildman–Crippen LogP) is 1.99. The number of amides is 1. The molecular weight excluding hydrogens is 266 g/mol. The monoisotopic (exact) mass is 289 g/mol. The van der Waals surface area contributed by atoms with Crippen LogP contribution in [0.1, 0.15) is 31.7 Å². The SMILES string of the molecule is CCCC(=O)N1CCN2c3ncc(C)cc3OCC[C@H]2C1. The van der Waals surface area contributed by atoms with Crippen molar-refractivity contribution in [1.29, 1.82) is 0 Å². The Labute approximate surface area is 125 Å². The van der Waals surface area contributed by atoms with E-state index in [-0.39, 0.29) is 5.91 Å². The highest BCUT2D eigenvalue weighted by molar-refractivity contribution is 5.76. The lowest BCUT2D eigenvalue weighted by molar-refractivity contribution is -0.132. The quantitative estimate of drug-likeness (QED) is 0.835. The van der Waals surface area contributed by atoms with Gasteiger partial charge in [-0.1, -0.05) is 6.92 Å². The Kier molecular flexibility index (Phi) is 3.99. The van der Waals surface area contributed by atoms with E-state index < -0.39 is 0 Å². The van der Waals surface area contributed by atoms with Crippen LogP contribution in [0.25, 0.3) is 0 Å². The molecule has 1 saturated heterocycles. The molecule has 0 bridgehead atoms. The van der Waals surface area contributed by atoms with E-state index in [1.165, 1.54) is 0 Å². The van der Waals surface area contributed by atoms with Gasteiger partial charge in [0.15, 0.2) is 11.6 Å². The zero-order chi connectivity index (χ0) is 14.8. The Hall–Kier alpha value is -1.78. The van der Waals surface area contributed by atoms with Gasteiger partial charge in [-0.2, -0.15) is 0 Å². The second-order valence-electron chi connectivity index (χ2n) is 5.91. The van der Waals surface area contributed by atoms with E-state index in [0.29, 0.717) is 19.1 Å². The summed E-state index contributed by atoms with van der Waals surface area (Å²) in [5.41, 5.74) is 1.11. The molecule has 1 aromatic heterocycles. The lowest BCUT2D eigenvalue weighted by atomic mass is 10.1. The highest BCUT2D eigenvalue weighted by Gasteiger charge is 2.33. The number of pyridine rings is 1. The number of ether oxygens (including phenoxy) is 1. The number of rotatable bonds is 2. The number of piperazine rings is 1. The normalized spacial score (nSPS) is 21.1. The molecule has 3 heterocycles. The summed E-state index contributed by atoms with van der Waals surface area (Å²) in [6.45, 7) is 7.18. The Morgan fingerprint density at radius 1 is 1.48 bits per heavy atom. The second kappa shape index (κ2) is 5.92. The van der Waals surface area contributed by atoms with Crippen molar-refractivity contribution < 1.29 is 9.53 Å². The van der Waals surface area contributed by atoms with Gasteiger partial charge >= 0.3 is 0 Å². The summed E-state index contributed by atoms with van der Waals surface area (Å²) in [4.78, 5) is 21.0. The minimum absolute atomic E-state index is 0.277. The van der Waals surface area contributed by atoms with E-state index >= 15 is 0 Å². The van der Waals surface area contributed by atoms with E-state index in [4.69, 9.17) is 4.74 Å². The lowest BCUT2D eigenvalue weighted by Gasteiger charge is -2.41. The number of nitrogens with zero attached hydrogens (tertiary/aromatic N) is 3. The van der Waals surface area contributed by atoms with Gasteiger partial charge in [0.1, 0.15) is 0 Å². The van der Waals surface area contributed by atoms with Crippen molar-refractivity contribution in [3.05, 3.63) is 17.8 Å². The van der Waals surface area contributed by atoms with Crippen LogP contribution >= 0.6 is 0 Å². The summed E-state index contributed by atoms with van der Waals surface area (Å²) >= 11 is 0. The molecular formula is C16H23N3O2. The summed E-state index contributed by atoms with van der Waals surface area (Å²) in [6.07, 6.45) is 4.39. The van der Waals surface area contributed by atoms with E-state index in [1.54, 1.807) is 0 Å². The first-order valence-corrected chi connectivity index (χ1v) is 7.83. The molecule has 1 aromatic rings. The molecule has 2 aliphatic heterocycles. The van der Waals surface area contributed by atoms with E-state index in [0.717, 1.165) is 49.6 Å². The number of hydrogen-bond donors (Lipinski definition) is 0. The Morgan fingerprint density at radius 2 is 2.33 bits per heavy atom. The maximum absolute atomic E-state index is 12.1. The molecule has 114 valence electrons. The van der Waals surface area contributed by atoms with Crippen molar-refractivity contribution in [3.8, 4) is 5.75 Å². The van der Waals surface area contributed by atoms with Gasteiger partial charge in [-0.25, -0.2) is 4.98 Å². The molecule has 0 radical (unpaired) electrons. The van der Waals surface area contributed by atoms with E-state index in [1.807, 2.05) is 18.0 Å². The van der Waals surface area contributed by atoms with Gasteiger partial charge < -0.3 is 14.5 Å². The van der Waals surface area contributed by atoms with Gasteiger partial charge in [-0.05, 0) is 25.0 Å². The molecule has 0 unspecified atom stereocenters. The van der Waals surface area contributed by atoms with Crippen LogP contribution < -0.4 is 9.64 Å². The van der Waals surface area contributed by atoms with Crippen LogP contribution in [0.3, 0.4) is 0 Å². The van der Waals surface area contributed by atoms with Crippen LogP contribution in [0.15, 0.2) is 12.3 Å². The molecule has 5 heteroatoms. The average Bonchev–Trinajstić information content (AvgIpc) is 2.65. The standard InChI is InChI=1S/C16H23N3O2/c1-3-4-15(20)18-6-7-19-13(11-18)5-8-21-14-9-12(2)10-17-16(14)19/h9-10,13H,3-8,11H2,1-2H3/t13-/m0/s1. The van der Waals surface area contributed by atoms with E-state index in [9.17, 15) is 4.79 Å². The van der Waals surface area contributed by atoms with Gasteiger partial charge in [-0.3, -0.25) is 4.79 Å². The summed E-state index contributed by atoms with van der Waals surface area (Å²) in [6, 6.07) is 2.37. The van der Waals surface area contributed by atoms with Crippen LogP contribution in [0.5, 0.6) is 5.75 Å². The first kappa shape index (κ1) is 14.2. The number of aryl methyl sites for hydroxylation is 1. The van der Waals surface area contributed by atoms with Crippen LogP contribution in [0, 0.1) is 6.92 Å². The van der Waals surface area contributed by atoms with Gasteiger partial charge in [0.25, 0.3) is 0 Å². The number of carbonyl (C=O) groups is 1. The van der Waals surface area contributed by atoms with Crippen molar-refractivity contribution in [2.24, 2.45) is 0 Å². The largest absolute Gasteiger partial charge is 0.490 e. The zero-order valence-corrected chi connectivity index (χ0v) is 12.8. The fraction of sp³-hybridized carbons (Fsp3) is 0.625. The molecule has 0 N–H and O–H groups in total. The van der Waals surface area contributed by atoms with Crippen molar-refractivity contribution in [2.75, 3.05) is 31.1 Å². The third-order valence-electron chi connectivity index (χ3n) is 4.25. The number of hydrogen-bond acceptors (Lipinski definition) is 4. The number of aromatic nitrogens is 1. The zero-order valence-electron chi connectivity index (χ0n) is 12.8. The molecule has 0 spiro atoms. The highest BCUT2D eigenvalue weighted by Crippen LogP contribution is 2.33. The Bertz CT molecular complexity index is 532. The van der Waals surface area contributed by atoms with Gasteiger partial charge in [0, 0.05) is 38.7 Å². The molecule has 0 aliphatic carbocycles. The topological polar surface area (TPSA) is 45.7 Å². The van der Waals surface area contributed by atoms with E-state index in [2.05, 4.69) is 22.9 Å². The third-order valence-corrected chi connectivity index (χ3v) is 4.25. The number of carbonyl (C=O) groups excluding carboxylic acids is 1. The lowest BCUT2D eigenvalue weighted by Crippen LogP contribution is -2.55. The van der Waals surface area contributed by atoms with Gasteiger partial charge in [-0.15, -0.1) is 0 Å². The Morgan fingerprint density at radius 3 is 3.14 bits per heavy atom. The number of anilines is 1. The molecule has 0 aromatic carbocycles. The molecule has 1 fully saturated rings. The first-order chi connectivity index (χ1) is 10.2. The first-order valence-electron chi connectivity index (χ1n) is 7.83. The minimum atomic E-state index is 0.277.